The van der Waals surface area contributed by atoms with Crippen LogP contribution in [-0.4, -0.2) is 22.2 Å². The SMILES string of the molecule is CC1=CC=CC(/C(C2=CC(C)NC=C2C)=C(/CC(C)Cc2ccccc2F)C(=O)O)=C(O)C1. The van der Waals surface area contributed by atoms with Gasteiger partial charge in [0.1, 0.15) is 11.6 Å². The highest BCUT2D eigenvalue weighted by Gasteiger charge is 2.27. The summed E-state index contributed by atoms with van der Waals surface area (Å²) in [5.74, 6) is -1.29. The van der Waals surface area contributed by atoms with Crippen molar-refractivity contribution in [3.63, 3.8) is 0 Å². The fourth-order valence-electron chi connectivity index (χ4n) is 4.32. The van der Waals surface area contributed by atoms with Gasteiger partial charge >= 0.3 is 5.97 Å². The maximum absolute atomic E-state index is 14.2. The molecule has 0 amide bonds. The Morgan fingerprint density at radius 1 is 1.27 bits per heavy atom. The molecule has 0 saturated heterocycles. The number of halogens is 1. The first-order chi connectivity index (χ1) is 15.7. The first-order valence-electron chi connectivity index (χ1n) is 11.3. The van der Waals surface area contributed by atoms with E-state index in [2.05, 4.69) is 5.32 Å². The molecule has 1 aliphatic carbocycles. The fraction of sp³-hybridized carbons (Fsp3) is 0.321. The van der Waals surface area contributed by atoms with E-state index in [4.69, 9.17) is 0 Å². The van der Waals surface area contributed by atoms with E-state index < -0.39 is 5.97 Å². The quantitative estimate of drug-likeness (QED) is 0.426. The Kier molecular flexibility index (Phi) is 7.75. The lowest BCUT2D eigenvalue weighted by atomic mass is 9.82. The number of aliphatic hydroxyl groups excluding tert-OH is 1. The molecule has 1 aromatic carbocycles. The molecule has 2 atom stereocenters. The lowest BCUT2D eigenvalue weighted by Crippen LogP contribution is -2.24. The van der Waals surface area contributed by atoms with Gasteiger partial charge in [0, 0.05) is 35.4 Å². The van der Waals surface area contributed by atoms with Gasteiger partial charge in [-0.1, -0.05) is 55.0 Å². The number of aliphatic hydroxyl groups is 1. The molecule has 5 heteroatoms. The van der Waals surface area contributed by atoms with Gasteiger partial charge in [-0.15, -0.1) is 0 Å². The second-order valence-corrected chi connectivity index (χ2v) is 9.04. The summed E-state index contributed by atoms with van der Waals surface area (Å²) in [5, 5.41) is 24.5. The van der Waals surface area contributed by atoms with Gasteiger partial charge in [-0.2, -0.15) is 0 Å². The maximum atomic E-state index is 14.2. The maximum Gasteiger partial charge on any atom is 0.332 e. The molecular weight excluding hydrogens is 417 g/mol. The third kappa shape index (κ3) is 5.92. The summed E-state index contributed by atoms with van der Waals surface area (Å²) >= 11 is 0. The molecule has 0 fully saturated rings. The molecule has 0 saturated carbocycles. The molecule has 1 heterocycles. The number of hydrogen-bond donors (Lipinski definition) is 3. The smallest absolute Gasteiger partial charge is 0.332 e. The molecule has 0 spiro atoms. The zero-order valence-electron chi connectivity index (χ0n) is 19.7. The number of carboxylic acids is 1. The molecule has 0 bridgehead atoms. The minimum absolute atomic E-state index is 0.0157. The van der Waals surface area contributed by atoms with Crippen LogP contribution in [0.2, 0.25) is 0 Å². The van der Waals surface area contributed by atoms with E-state index in [9.17, 15) is 19.4 Å². The van der Waals surface area contributed by atoms with E-state index in [-0.39, 0.29) is 35.5 Å². The van der Waals surface area contributed by atoms with Crippen molar-refractivity contribution in [3.05, 3.63) is 105 Å². The van der Waals surface area contributed by atoms with Crippen molar-refractivity contribution in [2.75, 3.05) is 0 Å². The van der Waals surface area contributed by atoms with Gasteiger partial charge in [-0.25, -0.2) is 9.18 Å². The van der Waals surface area contributed by atoms with E-state index in [0.717, 1.165) is 16.7 Å². The predicted octanol–water partition coefficient (Wildman–Crippen LogP) is 6.32. The summed E-state index contributed by atoms with van der Waals surface area (Å²) in [4.78, 5) is 12.6. The van der Waals surface area contributed by atoms with E-state index in [1.807, 2.05) is 52.1 Å². The van der Waals surface area contributed by atoms with Crippen LogP contribution in [0.5, 0.6) is 0 Å². The normalized spacial score (nSPS) is 20.2. The predicted molar refractivity (Wildman–Crippen MR) is 130 cm³/mol. The van der Waals surface area contributed by atoms with Gasteiger partial charge in [-0.3, -0.25) is 0 Å². The molecule has 174 valence electrons. The number of aliphatic carboxylic acids is 1. The van der Waals surface area contributed by atoms with Crippen molar-refractivity contribution in [1.82, 2.24) is 5.32 Å². The van der Waals surface area contributed by atoms with Gasteiger partial charge in [0.05, 0.1) is 0 Å². The molecule has 3 N–H and O–H groups in total. The monoisotopic (exact) mass is 449 g/mol. The molecule has 2 aliphatic rings. The Bertz CT molecular complexity index is 1120. The van der Waals surface area contributed by atoms with Crippen molar-refractivity contribution in [2.45, 2.75) is 53.0 Å². The topological polar surface area (TPSA) is 69.6 Å². The van der Waals surface area contributed by atoms with Gasteiger partial charge < -0.3 is 15.5 Å². The number of carbonyl (C=O) groups is 1. The molecule has 0 radical (unpaired) electrons. The first kappa shape index (κ1) is 24.3. The summed E-state index contributed by atoms with van der Waals surface area (Å²) < 4.78 is 14.2. The van der Waals surface area contributed by atoms with E-state index in [1.165, 1.54) is 6.07 Å². The van der Waals surface area contributed by atoms with Crippen molar-refractivity contribution in [3.8, 4) is 0 Å². The van der Waals surface area contributed by atoms with Crippen LogP contribution in [0.15, 0.2) is 94.0 Å². The number of dihydropyridines is 1. The highest BCUT2D eigenvalue weighted by molar-refractivity contribution is 5.91. The van der Waals surface area contributed by atoms with Crippen LogP contribution in [0.1, 0.15) is 46.1 Å². The van der Waals surface area contributed by atoms with Crippen LogP contribution in [0.25, 0.3) is 0 Å². The van der Waals surface area contributed by atoms with Crippen molar-refractivity contribution in [2.24, 2.45) is 5.92 Å². The Labute approximate surface area is 195 Å². The van der Waals surface area contributed by atoms with E-state index in [0.29, 0.717) is 29.6 Å². The molecule has 2 unspecified atom stereocenters. The minimum atomic E-state index is -1.03. The molecule has 4 nitrogen and oxygen atoms in total. The van der Waals surface area contributed by atoms with E-state index >= 15 is 0 Å². The largest absolute Gasteiger partial charge is 0.511 e. The number of rotatable bonds is 7. The summed E-state index contributed by atoms with van der Waals surface area (Å²) in [6.45, 7) is 7.77. The van der Waals surface area contributed by atoms with Gasteiger partial charge in [0.2, 0.25) is 0 Å². The summed E-state index contributed by atoms with van der Waals surface area (Å²) in [6, 6.07) is 6.60. The zero-order chi connectivity index (χ0) is 24.1. The van der Waals surface area contributed by atoms with Crippen molar-refractivity contribution in [1.29, 1.82) is 0 Å². The number of allylic oxidation sites excluding steroid dienone is 8. The van der Waals surface area contributed by atoms with Gasteiger partial charge in [0.15, 0.2) is 0 Å². The van der Waals surface area contributed by atoms with Crippen LogP contribution in [0.3, 0.4) is 0 Å². The van der Waals surface area contributed by atoms with Crippen LogP contribution >= 0.6 is 0 Å². The average Bonchev–Trinajstić information content (AvgIpc) is 2.91. The Balaban J connectivity index is 2.13. The van der Waals surface area contributed by atoms with Gasteiger partial charge in [0.25, 0.3) is 0 Å². The molecule has 1 aromatic rings. The van der Waals surface area contributed by atoms with Gasteiger partial charge in [-0.05, 0) is 62.3 Å². The Morgan fingerprint density at radius 3 is 2.70 bits per heavy atom. The molecular formula is C28H32FNO3. The van der Waals surface area contributed by atoms with Crippen molar-refractivity contribution < 1.29 is 19.4 Å². The number of carboxylic acid groups (broad SMARTS) is 1. The number of benzene rings is 1. The molecule has 3 rings (SSSR count). The highest BCUT2D eigenvalue weighted by atomic mass is 19.1. The first-order valence-corrected chi connectivity index (χ1v) is 11.3. The Morgan fingerprint density at radius 2 is 2.00 bits per heavy atom. The van der Waals surface area contributed by atoms with Crippen LogP contribution in [0, 0.1) is 11.7 Å². The second-order valence-electron chi connectivity index (χ2n) is 9.04. The lowest BCUT2D eigenvalue weighted by Gasteiger charge is -2.25. The fourth-order valence-corrected chi connectivity index (χ4v) is 4.32. The summed E-state index contributed by atoms with van der Waals surface area (Å²) in [6.07, 6.45) is 10.4. The second kappa shape index (κ2) is 10.5. The number of hydrogen-bond acceptors (Lipinski definition) is 3. The van der Waals surface area contributed by atoms with Crippen molar-refractivity contribution >= 4 is 5.97 Å². The van der Waals surface area contributed by atoms with Crippen LogP contribution in [-0.2, 0) is 11.2 Å². The average molecular weight is 450 g/mol. The zero-order valence-corrected chi connectivity index (χ0v) is 19.7. The third-order valence-electron chi connectivity index (χ3n) is 5.98. The highest BCUT2D eigenvalue weighted by Crippen LogP contribution is 2.37. The lowest BCUT2D eigenvalue weighted by molar-refractivity contribution is -0.133. The summed E-state index contributed by atoms with van der Waals surface area (Å²) in [7, 11) is 0. The molecule has 0 aromatic heterocycles. The standard InChI is InChI=1S/C28H32FNO3/c1-17-8-7-10-22(26(31)14-17)27(23-15-20(4)30-16-19(23)3)24(28(32)33)13-18(2)12-21-9-5-6-11-25(21)29/h5-11,15-16,18,20,30-31H,12-14H2,1-4H3,(H,32,33)/b27-24+. The number of nitrogens with one attached hydrogen (secondary N) is 1. The third-order valence-corrected chi connectivity index (χ3v) is 5.98. The van der Waals surface area contributed by atoms with E-state index in [1.54, 1.807) is 24.3 Å². The summed E-state index contributed by atoms with van der Waals surface area (Å²) in [5.41, 5.74) is 4.51. The minimum Gasteiger partial charge on any atom is -0.511 e. The van der Waals surface area contributed by atoms with Crippen LogP contribution < -0.4 is 5.32 Å². The molecule has 33 heavy (non-hydrogen) atoms. The molecule has 1 aliphatic heterocycles. The Hall–Kier alpha value is -3.34. The van der Waals surface area contributed by atoms with Crippen LogP contribution in [0.4, 0.5) is 4.39 Å².